The van der Waals surface area contributed by atoms with E-state index in [-0.39, 0.29) is 5.92 Å². The Morgan fingerprint density at radius 1 is 1.43 bits per heavy atom. The topological polar surface area (TPSA) is 50.9 Å². The summed E-state index contributed by atoms with van der Waals surface area (Å²) in [6, 6.07) is 5.27. The first-order valence-corrected chi connectivity index (χ1v) is 9.53. The fraction of sp³-hybridized carbons (Fsp3) is 0.500. The molecule has 0 spiro atoms. The van der Waals surface area contributed by atoms with Gasteiger partial charge in [0, 0.05) is 15.6 Å². The van der Waals surface area contributed by atoms with Crippen LogP contribution in [0.25, 0.3) is 0 Å². The molecule has 2 aromatic rings. The summed E-state index contributed by atoms with van der Waals surface area (Å²) in [5.74, 6) is 0.577. The van der Waals surface area contributed by atoms with E-state index in [2.05, 4.69) is 17.0 Å². The maximum absolute atomic E-state index is 11.6. The van der Waals surface area contributed by atoms with E-state index in [4.69, 9.17) is 23.2 Å². The molecule has 0 bridgehead atoms. The quantitative estimate of drug-likeness (QED) is 0.771. The lowest BCUT2D eigenvalue weighted by molar-refractivity contribution is -0.0461. The summed E-state index contributed by atoms with van der Waals surface area (Å²) < 4.78 is 1.74. The molecule has 0 saturated heterocycles. The fourth-order valence-electron chi connectivity index (χ4n) is 3.05. The minimum Gasteiger partial charge on any atom is -0.383 e. The predicted octanol–water partition coefficient (Wildman–Crippen LogP) is 4.24. The normalized spacial score (nSPS) is 18.7. The van der Waals surface area contributed by atoms with Crippen molar-refractivity contribution in [1.82, 2.24) is 14.8 Å². The van der Waals surface area contributed by atoms with E-state index in [1.807, 2.05) is 12.3 Å². The summed E-state index contributed by atoms with van der Waals surface area (Å²) in [7, 11) is 0. The zero-order chi connectivity index (χ0) is 16.6. The van der Waals surface area contributed by atoms with Crippen molar-refractivity contribution in [3.05, 3.63) is 40.1 Å². The van der Waals surface area contributed by atoms with Crippen molar-refractivity contribution in [2.75, 3.05) is 6.26 Å². The van der Waals surface area contributed by atoms with Gasteiger partial charge in [0.25, 0.3) is 0 Å². The van der Waals surface area contributed by atoms with Crippen molar-refractivity contribution >= 4 is 35.0 Å². The second-order valence-electron chi connectivity index (χ2n) is 6.08. The average Bonchev–Trinajstić information content (AvgIpc) is 3.26. The molecule has 7 heteroatoms. The van der Waals surface area contributed by atoms with Crippen LogP contribution in [0.1, 0.15) is 25.3 Å². The minimum atomic E-state index is -1.11. The Hall–Kier alpha value is -0.750. The van der Waals surface area contributed by atoms with Gasteiger partial charge in [-0.2, -0.15) is 5.10 Å². The van der Waals surface area contributed by atoms with Gasteiger partial charge in [-0.1, -0.05) is 48.0 Å². The molecule has 3 rings (SSSR count). The molecular formula is C16H19Cl2N3OS. The summed E-state index contributed by atoms with van der Waals surface area (Å²) in [6.45, 7) is 2.40. The van der Waals surface area contributed by atoms with Gasteiger partial charge in [0.05, 0.1) is 6.54 Å². The molecule has 0 amide bonds. The van der Waals surface area contributed by atoms with E-state index >= 15 is 0 Å². The van der Waals surface area contributed by atoms with Crippen molar-refractivity contribution in [3.8, 4) is 0 Å². The van der Waals surface area contributed by atoms with Gasteiger partial charge in [-0.05, 0) is 43.1 Å². The molecule has 1 fully saturated rings. The van der Waals surface area contributed by atoms with Crippen molar-refractivity contribution in [2.24, 2.45) is 11.8 Å². The number of rotatable bonds is 6. The van der Waals surface area contributed by atoms with E-state index in [9.17, 15) is 5.11 Å². The molecule has 0 radical (unpaired) electrons. The summed E-state index contributed by atoms with van der Waals surface area (Å²) in [5, 5.41) is 17.7. The van der Waals surface area contributed by atoms with Crippen LogP contribution in [0.2, 0.25) is 10.0 Å². The Morgan fingerprint density at radius 3 is 2.78 bits per heavy atom. The summed E-state index contributed by atoms with van der Waals surface area (Å²) in [4.78, 5) is 4.22. The van der Waals surface area contributed by atoms with Crippen LogP contribution >= 0.6 is 35.0 Å². The molecule has 2 unspecified atom stereocenters. The Morgan fingerprint density at radius 2 is 2.17 bits per heavy atom. The lowest BCUT2D eigenvalue weighted by Crippen LogP contribution is -2.40. The van der Waals surface area contributed by atoms with E-state index in [0.29, 0.717) is 28.1 Å². The molecule has 1 aromatic heterocycles. The van der Waals surface area contributed by atoms with Crippen molar-refractivity contribution in [1.29, 1.82) is 0 Å². The van der Waals surface area contributed by atoms with Gasteiger partial charge in [0.2, 0.25) is 0 Å². The molecular weight excluding hydrogens is 353 g/mol. The number of benzene rings is 1. The van der Waals surface area contributed by atoms with E-state index in [0.717, 1.165) is 18.0 Å². The molecule has 1 N–H and O–H groups in total. The van der Waals surface area contributed by atoms with Crippen LogP contribution in [0.3, 0.4) is 0 Å². The van der Waals surface area contributed by atoms with Gasteiger partial charge in [-0.15, -0.1) is 0 Å². The highest BCUT2D eigenvalue weighted by Gasteiger charge is 2.45. The lowest BCUT2D eigenvalue weighted by atomic mass is 9.79. The highest BCUT2D eigenvalue weighted by atomic mass is 35.5. The molecule has 1 heterocycles. The third-order valence-electron chi connectivity index (χ3n) is 4.63. The van der Waals surface area contributed by atoms with Crippen LogP contribution in [0.5, 0.6) is 0 Å². The van der Waals surface area contributed by atoms with Crippen LogP contribution in [0.4, 0.5) is 0 Å². The van der Waals surface area contributed by atoms with Crippen LogP contribution < -0.4 is 0 Å². The number of hydrogen-bond donors (Lipinski definition) is 1. The Bertz CT molecular complexity index is 704. The number of aromatic nitrogens is 3. The minimum absolute atomic E-state index is 0.0695. The second-order valence-corrected chi connectivity index (χ2v) is 7.70. The van der Waals surface area contributed by atoms with Crippen molar-refractivity contribution in [2.45, 2.75) is 37.1 Å². The Labute approximate surface area is 150 Å². The second kappa shape index (κ2) is 6.63. The third-order valence-corrected chi connectivity index (χ3v) is 5.86. The van der Waals surface area contributed by atoms with Gasteiger partial charge in [-0.3, -0.25) is 0 Å². The van der Waals surface area contributed by atoms with Crippen LogP contribution in [0.15, 0.2) is 29.7 Å². The van der Waals surface area contributed by atoms with Crippen LogP contribution in [-0.4, -0.2) is 26.1 Å². The van der Waals surface area contributed by atoms with Crippen LogP contribution in [0, 0.1) is 11.8 Å². The molecule has 1 saturated carbocycles. The van der Waals surface area contributed by atoms with Gasteiger partial charge in [-0.25, -0.2) is 9.67 Å². The fourth-order valence-corrected chi connectivity index (χ4v) is 4.10. The first-order valence-electron chi connectivity index (χ1n) is 7.55. The summed E-state index contributed by atoms with van der Waals surface area (Å²) in [6.07, 6.45) is 5.74. The summed E-state index contributed by atoms with van der Waals surface area (Å²) >= 11 is 13.9. The smallest absolute Gasteiger partial charge is 0.185 e. The predicted molar refractivity (Wildman–Crippen MR) is 94.0 cm³/mol. The zero-order valence-corrected chi connectivity index (χ0v) is 15.4. The number of hydrogen-bond acceptors (Lipinski definition) is 4. The van der Waals surface area contributed by atoms with Gasteiger partial charge >= 0.3 is 0 Å². The molecule has 23 heavy (non-hydrogen) atoms. The first kappa shape index (κ1) is 17.1. The molecule has 4 nitrogen and oxygen atoms in total. The molecule has 2 atom stereocenters. The van der Waals surface area contributed by atoms with Crippen molar-refractivity contribution < 1.29 is 5.11 Å². The van der Waals surface area contributed by atoms with E-state index in [1.165, 1.54) is 18.1 Å². The van der Waals surface area contributed by atoms with Gasteiger partial charge in [0.15, 0.2) is 5.16 Å². The Balaban J connectivity index is 2.03. The van der Waals surface area contributed by atoms with Gasteiger partial charge in [0.1, 0.15) is 11.9 Å². The molecule has 124 valence electrons. The number of halogens is 2. The van der Waals surface area contributed by atoms with Crippen LogP contribution in [-0.2, 0) is 12.1 Å². The maximum atomic E-state index is 11.6. The molecule has 0 aliphatic heterocycles. The first-order chi connectivity index (χ1) is 11.0. The van der Waals surface area contributed by atoms with Crippen molar-refractivity contribution in [3.63, 3.8) is 0 Å². The number of aliphatic hydroxyl groups is 1. The highest BCUT2D eigenvalue weighted by Crippen LogP contribution is 2.48. The average molecular weight is 372 g/mol. The van der Waals surface area contributed by atoms with E-state index < -0.39 is 5.60 Å². The SMILES string of the molecule is CSc1ncnn1CC(O)(c1ccc(Cl)cc1Cl)C(C)C1CC1. The monoisotopic (exact) mass is 371 g/mol. The number of nitrogens with zero attached hydrogens (tertiary/aromatic N) is 3. The number of thioether (sulfide) groups is 1. The highest BCUT2D eigenvalue weighted by molar-refractivity contribution is 7.98. The zero-order valence-electron chi connectivity index (χ0n) is 13.0. The molecule has 1 aliphatic rings. The lowest BCUT2D eigenvalue weighted by Gasteiger charge is -2.35. The standard InChI is InChI=1S/C16H19Cl2N3OS/c1-10(11-3-4-11)16(22,8-21-15(23-2)19-9-20-21)13-6-5-12(17)7-14(13)18/h5-7,9-11,22H,3-4,8H2,1-2H3. The third kappa shape index (κ3) is 3.38. The Kier molecular flexibility index (Phi) is 4.93. The summed E-state index contributed by atoms with van der Waals surface area (Å²) in [5.41, 5.74) is -0.411. The maximum Gasteiger partial charge on any atom is 0.185 e. The van der Waals surface area contributed by atoms with Gasteiger partial charge < -0.3 is 5.11 Å². The largest absolute Gasteiger partial charge is 0.383 e. The molecule has 1 aromatic carbocycles. The van der Waals surface area contributed by atoms with E-state index in [1.54, 1.807) is 16.8 Å². The molecule has 1 aliphatic carbocycles.